The number of halogens is 1. The predicted molar refractivity (Wildman–Crippen MR) is 115 cm³/mol. The summed E-state index contributed by atoms with van der Waals surface area (Å²) in [6.45, 7) is 2.87. The summed E-state index contributed by atoms with van der Waals surface area (Å²) in [6, 6.07) is 1.71. The highest BCUT2D eigenvalue weighted by atomic mass is 35.5. The molecule has 4 heterocycles. The molecule has 0 unspecified atom stereocenters. The van der Waals surface area contributed by atoms with Crippen molar-refractivity contribution < 1.29 is 4.52 Å². The van der Waals surface area contributed by atoms with Gasteiger partial charge in [0.1, 0.15) is 11.0 Å². The van der Waals surface area contributed by atoms with Crippen LogP contribution in [0.3, 0.4) is 0 Å². The molecule has 3 aromatic rings. The quantitative estimate of drug-likeness (QED) is 0.465. The molecule has 0 saturated carbocycles. The minimum atomic E-state index is -0.338. The van der Waals surface area contributed by atoms with Crippen LogP contribution in [0.25, 0.3) is 11.7 Å². The Morgan fingerprint density at radius 1 is 1.10 bits per heavy atom. The third kappa shape index (κ3) is 4.48. The van der Waals surface area contributed by atoms with Crippen molar-refractivity contribution in [1.29, 1.82) is 0 Å². The summed E-state index contributed by atoms with van der Waals surface area (Å²) in [5, 5.41) is 4.28. The fraction of sp³-hybridized carbons (Fsp3) is 0.450. The molecule has 10 nitrogen and oxygen atoms in total. The van der Waals surface area contributed by atoms with E-state index in [4.69, 9.17) is 16.1 Å². The Balaban J connectivity index is 1.44. The average molecular weight is 444 g/mol. The maximum atomic E-state index is 12.9. The molecule has 31 heavy (non-hydrogen) atoms. The highest BCUT2D eigenvalue weighted by Crippen LogP contribution is 2.24. The van der Waals surface area contributed by atoms with Gasteiger partial charge in [-0.3, -0.25) is 13.9 Å². The second-order valence-corrected chi connectivity index (χ2v) is 7.69. The molecule has 0 aromatic carbocycles. The Morgan fingerprint density at radius 3 is 2.65 bits per heavy atom. The molecule has 162 valence electrons. The highest BCUT2D eigenvalue weighted by molar-refractivity contribution is 6.66. The summed E-state index contributed by atoms with van der Waals surface area (Å²) in [5.74, 6) is 1.58. The van der Waals surface area contributed by atoms with Gasteiger partial charge in [0.25, 0.3) is 11.4 Å². The fourth-order valence-electron chi connectivity index (χ4n) is 3.45. The summed E-state index contributed by atoms with van der Waals surface area (Å²) in [4.78, 5) is 42.5. The lowest BCUT2D eigenvalue weighted by Gasteiger charge is -2.13. The van der Waals surface area contributed by atoms with Crippen LogP contribution >= 0.6 is 11.6 Å². The first kappa shape index (κ1) is 21.1. The van der Waals surface area contributed by atoms with Crippen LogP contribution in [0.15, 0.2) is 37.6 Å². The van der Waals surface area contributed by atoms with Gasteiger partial charge in [-0.25, -0.2) is 19.8 Å². The molecule has 1 aliphatic rings. The third-order valence-corrected chi connectivity index (χ3v) is 5.25. The molecule has 0 aliphatic carbocycles. The van der Waals surface area contributed by atoms with Gasteiger partial charge in [0, 0.05) is 38.3 Å². The summed E-state index contributed by atoms with van der Waals surface area (Å²) < 4.78 is 8.06. The molecule has 1 aliphatic heterocycles. The van der Waals surface area contributed by atoms with Crippen LogP contribution in [0.2, 0.25) is 0 Å². The topological polar surface area (TPSA) is 121 Å². The van der Waals surface area contributed by atoms with E-state index < -0.39 is 0 Å². The molecule has 0 N–H and O–H groups in total. The van der Waals surface area contributed by atoms with E-state index in [1.807, 2.05) is 6.92 Å². The van der Waals surface area contributed by atoms with Gasteiger partial charge in [0.15, 0.2) is 5.82 Å². The number of fused-ring (bicyclic) bond motifs is 1. The van der Waals surface area contributed by atoms with E-state index >= 15 is 0 Å². The first-order chi connectivity index (χ1) is 15.1. The van der Waals surface area contributed by atoms with Crippen molar-refractivity contribution in [2.24, 2.45) is 4.99 Å². The Labute approximate surface area is 182 Å². The van der Waals surface area contributed by atoms with E-state index in [1.54, 1.807) is 23.0 Å². The monoisotopic (exact) mass is 443 g/mol. The first-order valence-corrected chi connectivity index (χ1v) is 10.7. The maximum Gasteiger partial charge on any atom is 0.332 e. The normalized spacial score (nSPS) is 12.8. The van der Waals surface area contributed by atoms with Gasteiger partial charge in [-0.05, 0) is 25.3 Å². The number of nitrogens with zero attached hydrogens (tertiary/aromatic N) is 7. The molecule has 0 amide bonds. The van der Waals surface area contributed by atoms with Gasteiger partial charge >= 0.3 is 5.69 Å². The standard InChI is InChI=1S/C20H22ClN7O3/c1-2-3-10-27-17-13(12-14(21)24-17)19(29)28(20(27)30)11-5-4-7-15-25-18(31-26-15)16-22-8-6-9-23-16/h6,8-9H,2-5,7,10-12H2,1H3. The zero-order chi connectivity index (χ0) is 21.8. The molecule has 0 atom stereocenters. The Morgan fingerprint density at radius 2 is 1.87 bits per heavy atom. The Hall–Kier alpha value is -3.14. The maximum absolute atomic E-state index is 12.9. The number of hydrogen-bond donors (Lipinski definition) is 0. The van der Waals surface area contributed by atoms with Crippen LogP contribution in [0, 0.1) is 0 Å². The van der Waals surface area contributed by atoms with Crippen molar-refractivity contribution in [3.05, 3.63) is 50.7 Å². The van der Waals surface area contributed by atoms with Gasteiger partial charge in [-0.15, -0.1) is 0 Å². The average Bonchev–Trinajstić information content (AvgIpc) is 3.40. The molecular weight excluding hydrogens is 422 g/mol. The molecule has 4 rings (SSSR count). The summed E-state index contributed by atoms with van der Waals surface area (Å²) in [7, 11) is 0. The van der Waals surface area contributed by atoms with E-state index in [-0.39, 0.29) is 23.6 Å². The van der Waals surface area contributed by atoms with E-state index in [9.17, 15) is 9.59 Å². The van der Waals surface area contributed by atoms with Crippen LogP contribution < -0.4 is 11.2 Å². The van der Waals surface area contributed by atoms with Crippen molar-refractivity contribution >= 4 is 22.6 Å². The van der Waals surface area contributed by atoms with Gasteiger partial charge in [-0.2, -0.15) is 4.98 Å². The minimum absolute atomic E-state index is 0.265. The van der Waals surface area contributed by atoms with Gasteiger partial charge in [0.05, 0.1) is 5.56 Å². The summed E-state index contributed by atoms with van der Waals surface area (Å²) in [6.07, 6.45) is 7.08. The zero-order valence-electron chi connectivity index (χ0n) is 17.1. The van der Waals surface area contributed by atoms with Crippen molar-refractivity contribution in [3.8, 4) is 11.7 Å². The smallest absolute Gasteiger partial charge is 0.330 e. The molecule has 0 fully saturated rings. The van der Waals surface area contributed by atoms with Crippen molar-refractivity contribution in [2.45, 2.75) is 58.5 Å². The van der Waals surface area contributed by atoms with Crippen LogP contribution in [0.1, 0.15) is 44.0 Å². The molecule has 0 saturated heterocycles. The van der Waals surface area contributed by atoms with E-state index in [1.165, 1.54) is 4.57 Å². The van der Waals surface area contributed by atoms with Gasteiger partial charge in [-0.1, -0.05) is 30.1 Å². The number of aromatic nitrogens is 6. The van der Waals surface area contributed by atoms with Crippen molar-refractivity contribution in [3.63, 3.8) is 0 Å². The minimum Gasteiger partial charge on any atom is -0.330 e. The van der Waals surface area contributed by atoms with Gasteiger partial charge < -0.3 is 4.52 Å². The molecule has 3 aromatic heterocycles. The fourth-order valence-corrected chi connectivity index (χ4v) is 3.66. The van der Waals surface area contributed by atoms with E-state index in [2.05, 4.69) is 25.1 Å². The van der Waals surface area contributed by atoms with Crippen LogP contribution in [0.5, 0.6) is 0 Å². The second kappa shape index (κ2) is 9.34. The predicted octanol–water partition coefficient (Wildman–Crippen LogP) is 2.50. The van der Waals surface area contributed by atoms with E-state index in [0.717, 1.165) is 12.8 Å². The Kier molecular flexibility index (Phi) is 6.36. The van der Waals surface area contributed by atoms with Crippen LogP contribution in [-0.2, 0) is 25.9 Å². The van der Waals surface area contributed by atoms with Crippen molar-refractivity contribution in [2.75, 3.05) is 0 Å². The molecular formula is C20H22ClN7O3. The number of unbranched alkanes of at least 4 members (excludes halogenated alkanes) is 2. The van der Waals surface area contributed by atoms with E-state index in [0.29, 0.717) is 60.6 Å². The van der Waals surface area contributed by atoms with Crippen LogP contribution in [-0.4, -0.2) is 34.4 Å². The molecule has 0 bridgehead atoms. The Bertz CT molecular complexity index is 1210. The largest absolute Gasteiger partial charge is 0.332 e. The summed E-state index contributed by atoms with van der Waals surface area (Å²) in [5.41, 5.74) is -0.156. The zero-order valence-corrected chi connectivity index (χ0v) is 17.9. The molecule has 0 spiro atoms. The number of hydrogen-bond acceptors (Lipinski definition) is 8. The lowest BCUT2D eigenvalue weighted by atomic mass is 10.2. The second-order valence-electron chi connectivity index (χ2n) is 7.26. The third-order valence-electron chi connectivity index (χ3n) is 5.03. The summed E-state index contributed by atoms with van der Waals surface area (Å²) >= 11 is 6.06. The SMILES string of the molecule is CCCCn1c2c(c(=O)n(CCCCc3noc(-c4ncccn4)n3)c1=O)CC(Cl)=N2. The number of rotatable bonds is 9. The number of aliphatic imine (C=N–C) groups is 1. The first-order valence-electron chi connectivity index (χ1n) is 10.3. The van der Waals surface area contributed by atoms with Crippen LogP contribution in [0.4, 0.5) is 5.82 Å². The lowest BCUT2D eigenvalue weighted by molar-refractivity contribution is 0.417. The van der Waals surface area contributed by atoms with Crippen molar-refractivity contribution in [1.82, 2.24) is 29.2 Å². The van der Waals surface area contributed by atoms with Gasteiger partial charge in [0.2, 0.25) is 5.82 Å². The lowest BCUT2D eigenvalue weighted by Crippen LogP contribution is -2.41. The highest BCUT2D eigenvalue weighted by Gasteiger charge is 2.24. The molecule has 11 heteroatoms. The molecule has 0 radical (unpaired) electrons. The number of aryl methyl sites for hydroxylation is 1.